The number of nitrogen functional groups attached to an aromatic ring is 1. The standard InChI is InChI=1S/C15H27N3/c1-4-8-13-14(16)18(11(2)3)15(17-13)12-9-6-5-7-10-12/h11-12H,4-10,16H2,1-3H3. The molecular formula is C15H27N3. The summed E-state index contributed by atoms with van der Waals surface area (Å²) in [7, 11) is 0. The van der Waals surface area contributed by atoms with Crippen molar-refractivity contribution in [3.8, 4) is 0 Å². The Morgan fingerprint density at radius 1 is 1.28 bits per heavy atom. The maximum atomic E-state index is 6.30. The molecule has 1 saturated carbocycles. The summed E-state index contributed by atoms with van der Waals surface area (Å²) >= 11 is 0. The Balaban J connectivity index is 2.34. The second-order valence-electron chi connectivity index (χ2n) is 5.85. The number of imidazole rings is 1. The summed E-state index contributed by atoms with van der Waals surface area (Å²) in [6.07, 6.45) is 8.77. The minimum atomic E-state index is 0.417. The lowest BCUT2D eigenvalue weighted by molar-refractivity contribution is 0.407. The van der Waals surface area contributed by atoms with Crippen LogP contribution in [0.15, 0.2) is 0 Å². The molecule has 0 radical (unpaired) electrons. The lowest BCUT2D eigenvalue weighted by Gasteiger charge is -2.24. The third-order valence-electron chi connectivity index (χ3n) is 4.03. The number of rotatable bonds is 4. The first-order valence-electron chi connectivity index (χ1n) is 7.51. The monoisotopic (exact) mass is 249 g/mol. The van der Waals surface area contributed by atoms with E-state index in [-0.39, 0.29) is 0 Å². The molecule has 2 N–H and O–H groups in total. The van der Waals surface area contributed by atoms with Crippen molar-refractivity contribution in [2.24, 2.45) is 0 Å². The molecule has 0 bridgehead atoms. The highest BCUT2D eigenvalue weighted by molar-refractivity contribution is 5.40. The summed E-state index contributed by atoms with van der Waals surface area (Å²) in [4.78, 5) is 4.88. The number of aromatic nitrogens is 2. The Labute approximate surface area is 111 Å². The van der Waals surface area contributed by atoms with Crippen LogP contribution in [-0.4, -0.2) is 9.55 Å². The molecule has 3 heteroatoms. The topological polar surface area (TPSA) is 43.8 Å². The van der Waals surface area contributed by atoms with Gasteiger partial charge in [-0.25, -0.2) is 4.98 Å². The molecule has 0 spiro atoms. The van der Waals surface area contributed by atoms with Crippen LogP contribution in [0.1, 0.15) is 82.8 Å². The lowest BCUT2D eigenvalue weighted by Crippen LogP contribution is -2.15. The van der Waals surface area contributed by atoms with Gasteiger partial charge in [0, 0.05) is 12.0 Å². The molecule has 1 fully saturated rings. The van der Waals surface area contributed by atoms with E-state index < -0.39 is 0 Å². The van der Waals surface area contributed by atoms with E-state index in [4.69, 9.17) is 10.7 Å². The molecule has 3 nitrogen and oxygen atoms in total. The number of anilines is 1. The van der Waals surface area contributed by atoms with E-state index in [1.165, 1.54) is 37.9 Å². The zero-order chi connectivity index (χ0) is 13.1. The molecule has 102 valence electrons. The number of nitrogens with zero attached hydrogens (tertiary/aromatic N) is 2. The van der Waals surface area contributed by atoms with E-state index in [0.717, 1.165) is 24.4 Å². The first kappa shape index (κ1) is 13.4. The quantitative estimate of drug-likeness (QED) is 0.875. The van der Waals surface area contributed by atoms with Gasteiger partial charge < -0.3 is 10.3 Å². The fourth-order valence-electron chi connectivity index (χ4n) is 3.12. The predicted octanol–water partition coefficient (Wildman–Crippen LogP) is 4.05. The molecule has 1 heterocycles. The number of nitrogens with two attached hydrogens (primary N) is 1. The Bertz CT molecular complexity index is 387. The van der Waals surface area contributed by atoms with Gasteiger partial charge in [-0.1, -0.05) is 32.6 Å². The van der Waals surface area contributed by atoms with E-state index in [1.54, 1.807) is 0 Å². The number of aryl methyl sites for hydroxylation is 1. The minimum absolute atomic E-state index is 0.417. The van der Waals surface area contributed by atoms with E-state index in [2.05, 4.69) is 25.3 Å². The molecule has 0 amide bonds. The smallest absolute Gasteiger partial charge is 0.127 e. The Kier molecular flexibility index (Phi) is 4.31. The van der Waals surface area contributed by atoms with Crippen molar-refractivity contribution >= 4 is 5.82 Å². The van der Waals surface area contributed by atoms with Gasteiger partial charge in [-0.15, -0.1) is 0 Å². The van der Waals surface area contributed by atoms with E-state index in [1.807, 2.05) is 0 Å². The molecule has 18 heavy (non-hydrogen) atoms. The van der Waals surface area contributed by atoms with Crippen molar-refractivity contribution < 1.29 is 0 Å². The van der Waals surface area contributed by atoms with E-state index in [9.17, 15) is 0 Å². The minimum Gasteiger partial charge on any atom is -0.384 e. The van der Waals surface area contributed by atoms with Gasteiger partial charge in [-0.2, -0.15) is 0 Å². The SMILES string of the molecule is CCCc1nc(C2CCCCC2)n(C(C)C)c1N. The van der Waals surface area contributed by atoms with Crippen LogP contribution in [-0.2, 0) is 6.42 Å². The molecule has 2 rings (SSSR count). The normalized spacial score (nSPS) is 17.6. The summed E-state index contributed by atoms with van der Waals surface area (Å²) in [5.74, 6) is 2.80. The first-order valence-corrected chi connectivity index (χ1v) is 7.51. The zero-order valence-electron chi connectivity index (χ0n) is 12.1. The number of hydrogen-bond donors (Lipinski definition) is 1. The largest absolute Gasteiger partial charge is 0.384 e. The highest BCUT2D eigenvalue weighted by Crippen LogP contribution is 2.35. The van der Waals surface area contributed by atoms with Crippen molar-refractivity contribution in [1.29, 1.82) is 0 Å². The van der Waals surface area contributed by atoms with Crippen LogP contribution in [0.3, 0.4) is 0 Å². The lowest BCUT2D eigenvalue weighted by atomic mass is 9.88. The molecule has 1 aromatic rings. The van der Waals surface area contributed by atoms with E-state index >= 15 is 0 Å². The van der Waals surface area contributed by atoms with Crippen molar-refractivity contribution in [3.63, 3.8) is 0 Å². The Morgan fingerprint density at radius 3 is 2.50 bits per heavy atom. The highest BCUT2D eigenvalue weighted by Gasteiger charge is 2.24. The Morgan fingerprint density at radius 2 is 1.94 bits per heavy atom. The summed E-state index contributed by atoms with van der Waals surface area (Å²) in [6, 6.07) is 0.417. The van der Waals surface area contributed by atoms with Crippen molar-refractivity contribution in [2.45, 2.75) is 77.7 Å². The van der Waals surface area contributed by atoms with Crippen LogP contribution in [0.4, 0.5) is 5.82 Å². The van der Waals surface area contributed by atoms with Crippen LogP contribution in [0, 0.1) is 0 Å². The second kappa shape index (κ2) is 5.77. The summed E-state index contributed by atoms with van der Waals surface area (Å²) in [5.41, 5.74) is 7.42. The molecular weight excluding hydrogens is 222 g/mol. The van der Waals surface area contributed by atoms with Gasteiger partial charge in [0.25, 0.3) is 0 Å². The van der Waals surface area contributed by atoms with Gasteiger partial charge in [0.15, 0.2) is 0 Å². The van der Waals surface area contributed by atoms with Crippen molar-refractivity contribution in [3.05, 3.63) is 11.5 Å². The van der Waals surface area contributed by atoms with Crippen molar-refractivity contribution in [1.82, 2.24) is 9.55 Å². The molecule has 1 aromatic heterocycles. The van der Waals surface area contributed by atoms with Gasteiger partial charge in [0.2, 0.25) is 0 Å². The van der Waals surface area contributed by atoms with Gasteiger partial charge in [-0.05, 0) is 33.1 Å². The maximum Gasteiger partial charge on any atom is 0.127 e. The molecule has 1 aliphatic carbocycles. The van der Waals surface area contributed by atoms with Gasteiger partial charge >= 0.3 is 0 Å². The molecule has 0 saturated heterocycles. The van der Waals surface area contributed by atoms with Crippen LogP contribution in [0.25, 0.3) is 0 Å². The third-order valence-corrected chi connectivity index (χ3v) is 4.03. The van der Waals surface area contributed by atoms with Gasteiger partial charge in [0.1, 0.15) is 11.6 Å². The predicted molar refractivity (Wildman–Crippen MR) is 76.8 cm³/mol. The zero-order valence-corrected chi connectivity index (χ0v) is 12.1. The van der Waals surface area contributed by atoms with E-state index in [0.29, 0.717) is 12.0 Å². The highest BCUT2D eigenvalue weighted by atomic mass is 15.2. The molecule has 0 aliphatic heterocycles. The first-order chi connectivity index (χ1) is 8.65. The maximum absolute atomic E-state index is 6.30. The molecule has 0 atom stereocenters. The third kappa shape index (κ3) is 2.55. The molecule has 1 aliphatic rings. The second-order valence-corrected chi connectivity index (χ2v) is 5.85. The molecule has 0 unspecified atom stereocenters. The summed E-state index contributed by atoms with van der Waals surface area (Å²) in [6.45, 7) is 6.61. The average molecular weight is 249 g/mol. The van der Waals surface area contributed by atoms with Crippen molar-refractivity contribution in [2.75, 3.05) is 5.73 Å². The molecule has 0 aromatic carbocycles. The fraction of sp³-hybridized carbons (Fsp3) is 0.800. The van der Waals surface area contributed by atoms with Gasteiger partial charge in [0.05, 0.1) is 5.69 Å². The Hall–Kier alpha value is -0.990. The summed E-state index contributed by atoms with van der Waals surface area (Å²) in [5, 5.41) is 0. The van der Waals surface area contributed by atoms with Gasteiger partial charge in [-0.3, -0.25) is 0 Å². The summed E-state index contributed by atoms with van der Waals surface area (Å²) < 4.78 is 2.28. The van der Waals surface area contributed by atoms with Crippen LogP contribution in [0.5, 0.6) is 0 Å². The average Bonchev–Trinajstić information content (AvgIpc) is 2.69. The van der Waals surface area contributed by atoms with Crippen LogP contribution < -0.4 is 5.73 Å². The fourth-order valence-corrected chi connectivity index (χ4v) is 3.12. The number of hydrogen-bond acceptors (Lipinski definition) is 2. The van der Waals surface area contributed by atoms with Crippen LogP contribution >= 0.6 is 0 Å². The van der Waals surface area contributed by atoms with Crippen LogP contribution in [0.2, 0.25) is 0 Å².